The molecule has 1 heterocycles. The fourth-order valence-electron chi connectivity index (χ4n) is 1.29. The summed E-state index contributed by atoms with van der Waals surface area (Å²) in [6.07, 6.45) is 1.66. The Labute approximate surface area is 121 Å². The molecule has 0 bridgehead atoms. The number of benzene rings is 1. The van der Waals surface area contributed by atoms with Crippen LogP contribution in [0.1, 0.15) is 0 Å². The van der Waals surface area contributed by atoms with E-state index in [0.717, 1.165) is 14.4 Å². The van der Waals surface area contributed by atoms with E-state index in [0.29, 0.717) is 5.95 Å². The Balaban J connectivity index is 2.23. The molecule has 0 saturated carbocycles. The van der Waals surface area contributed by atoms with Crippen molar-refractivity contribution in [2.75, 3.05) is 12.4 Å². The van der Waals surface area contributed by atoms with Gasteiger partial charge < -0.3 is 5.32 Å². The predicted octanol–water partition coefficient (Wildman–Crippen LogP) is 3.34. The first kappa shape index (κ1) is 13.8. The van der Waals surface area contributed by atoms with Crippen molar-refractivity contribution in [2.24, 2.45) is 0 Å². The highest BCUT2D eigenvalue weighted by molar-refractivity contribution is 9.10. The number of nitrogens with zero attached hydrogens (tertiary/aromatic N) is 3. The van der Waals surface area contributed by atoms with Crippen LogP contribution >= 0.6 is 27.7 Å². The number of non-ortho nitro benzene ring substituents is 1. The molecule has 1 N–H and O–H groups in total. The number of halogens is 1. The largest absolute Gasteiger partial charge is 0.357 e. The first-order valence-electron chi connectivity index (χ1n) is 5.23. The lowest BCUT2D eigenvalue weighted by Gasteiger charge is -2.05. The van der Waals surface area contributed by atoms with Crippen LogP contribution in [0.25, 0.3) is 0 Å². The third kappa shape index (κ3) is 3.42. The van der Waals surface area contributed by atoms with Crippen molar-refractivity contribution in [3.63, 3.8) is 0 Å². The molecular formula is C11H9BrN4O2S. The van der Waals surface area contributed by atoms with E-state index in [1.165, 1.54) is 23.9 Å². The number of hydrogen-bond donors (Lipinski definition) is 1. The van der Waals surface area contributed by atoms with E-state index in [9.17, 15) is 10.1 Å². The maximum absolute atomic E-state index is 10.6. The van der Waals surface area contributed by atoms with E-state index in [1.807, 2.05) is 0 Å². The maximum Gasteiger partial charge on any atom is 0.269 e. The third-order valence-electron chi connectivity index (χ3n) is 2.20. The maximum atomic E-state index is 10.6. The molecular weight excluding hydrogens is 332 g/mol. The first-order valence-corrected chi connectivity index (χ1v) is 6.83. The Bertz CT molecular complexity index is 606. The van der Waals surface area contributed by atoms with Gasteiger partial charge in [-0.2, -0.15) is 0 Å². The molecule has 0 aliphatic heterocycles. The summed E-state index contributed by atoms with van der Waals surface area (Å²) in [6, 6.07) is 6.32. The molecule has 1 aromatic heterocycles. The number of nitro groups is 1. The average Bonchev–Trinajstić information content (AvgIpc) is 2.42. The molecule has 0 fully saturated rings. The summed E-state index contributed by atoms with van der Waals surface area (Å²) in [5.41, 5.74) is 0.0713. The normalized spacial score (nSPS) is 10.2. The molecule has 2 aromatic rings. The molecule has 0 atom stereocenters. The molecule has 0 aliphatic rings. The molecule has 0 radical (unpaired) electrons. The van der Waals surface area contributed by atoms with Crippen molar-refractivity contribution in [1.29, 1.82) is 0 Å². The zero-order valence-electron chi connectivity index (χ0n) is 9.83. The van der Waals surface area contributed by atoms with Crippen LogP contribution in [0.15, 0.2) is 44.9 Å². The molecule has 19 heavy (non-hydrogen) atoms. The van der Waals surface area contributed by atoms with Crippen molar-refractivity contribution >= 4 is 39.3 Å². The van der Waals surface area contributed by atoms with Gasteiger partial charge in [0.15, 0.2) is 0 Å². The number of nitro benzene ring substituents is 1. The van der Waals surface area contributed by atoms with Gasteiger partial charge in [-0.3, -0.25) is 10.1 Å². The fraction of sp³-hybridized carbons (Fsp3) is 0.0909. The monoisotopic (exact) mass is 340 g/mol. The van der Waals surface area contributed by atoms with Crippen LogP contribution in [0.2, 0.25) is 0 Å². The van der Waals surface area contributed by atoms with Gasteiger partial charge in [0, 0.05) is 30.3 Å². The lowest BCUT2D eigenvalue weighted by atomic mass is 10.3. The van der Waals surface area contributed by atoms with Gasteiger partial charge in [-0.15, -0.1) is 0 Å². The van der Waals surface area contributed by atoms with Crippen LogP contribution in [-0.4, -0.2) is 21.9 Å². The summed E-state index contributed by atoms with van der Waals surface area (Å²) < 4.78 is 0.773. The van der Waals surface area contributed by atoms with Gasteiger partial charge in [0.05, 0.1) is 9.40 Å². The summed E-state index contributed by atoms with van der Waals surface area (Å²) in [4.78, 5) is 19.4. The highest BCUT2D eigenvalue weighted by Crippen LogP contribution is 2.32. The highest BCUT2D eigenvalue weighted by Gasteiger charge is 2.09. The topological polar surface area (TPSA) is 81.0 Å². The Morgan fingerprint density at radius 2 is 2.05 bits per heavy atom. The van der Waals surface area contributed by atoms with Gasteiger partial charge in [-0.1, -0.05) is 11.8 Å². The quantitative estimate of drug-likeness (QED) is 0.522. The SMILES string of the molecule is CNc1ncc(Br)c(Sc2ccc([N+](=O)[O-])cc2)n1. The van der Waals surface area contributed by atoms with E-state index in [1.54, 1.807) is 25.4 Å². The minimum Gasteiger partial charge on any atom is -0.357 e. The van der Waals surface area contributed by atoms with Gasteiger partial charge in [-0.05, 0) is 28.1 Å². The molecule has 0 amide bonds. The Hall–Kier alpha value is -1.67. The van der Waals surface area contributed by atoms with E-state index in [4.69, 9.17) is 0 Å². The molecule has 0 aliphatic carbocycles. The second-order valence-electron chi connectivity index (χ2n) is 3.45. The van der Waals surface area contributed by atoms with Gasteiger partial charge in [0.1, 0.15) is 5.03 Å². The van der Waals surface area contributed by atoms with Crippen LogP contribution < -0.4 is 5.32 Å². The van der Waals surface area contributed by atoms with Crippen LogP contribution in [-0.2, 0) is 0 Å². The third-order valence-corrected chi connectivity index (χ3v) is 4.05. The Kier molecular flexibility index (Phi) is 4.33. The molecule has 6 nitrogen and oxygen atoms in total. The summed E-state index contributed by atoms with van der Waals surface area (Å²) in [7, 11) is 1.74. The summed E-state index contributed by atoms with van der Waals surface area (Å²) in [5.74, 6) is 0.521. The lowest BCUT2D eigenvalue weighted by Crippen LogP contribution is -1.97. The summed E-state index contributed by atoms with van der Waals surface area (Å²) in [5, 5.41) is 14.2. The van der Waals surface area contributed by atoms with Crippen LogP contribution in [0.5, 0.6) is 0 Å². The van der Waals surface area contributed by atoms with Crippen molar-refractivity contribution in [2.45, 2.75) is 9.92 Å². The smallest absolute Gasteiger partial charge is 0.269 e. The Morgan fingerprint density at radius 1 is 1.37 bits per heavy atom. The van der Waals surface area contributed by atoms with Crippen molar-refractivity contribution in [3.05, 3.63) is 45.0 Å². The predicted molar refractivity (Wildman–Crippen MR) is 76.5 cm³/mol. The van der Waals surface area contributed by atoms with E-state index < -0.39 is 4.92 Å². The van der Waals surface area contributed by atoms with Crippen molar-refractivity contribution < 1.29 is 4.92 Å². The van der Waals surface area contributed by atoms with Gasteiger partial charge in [-0.25, -0.2) is 9.97 Å². The van der Waals surface area contributed by atoms with E-state index in [-0.39, 0.29) is 5.69 Å². The molecule has 2 rings (SSSR count). The van der Waals surface area contributed by atoms with Crippen LogP contribution in [0.4, 0.5) is 11.6 Å². The van der Waals surface area contributed by atoms with Gasteiger partial charge in [0.2, 0.25) is 5.95 Å². The van der Waals surface area contributed by atoms with Crippen molar-refractivity contribution in [1.82, 2.24) is 9.97 Å². The van der Waals surface area contributed by atoms with Gasteiger partial charge in [0.25, 0.3) is 5.69 Å². The molecule has 0 saturated heterocycles. The molecule has 0 unspecified atom stereocenters. The van der Waals surface area contributed by atoms with Gasteiger partial charge >= 0.3 is 0 Å². The number of hydrogen-bond acceptors (Lipinski definition) is 6. The fourth-order valence-corrected chi connectivity index (χ4v) is 2.50. The minimum atomic E-state index is -0.422. The molecule has 8 heteroatoms. The minimum absolute atomic E-state index is 0.0713. The average molecular weight is 341 g/mol. The highest BCUT2D eigenvalue weighted by atomic mass is 79.9. The standard InChI is InChI=1S/C11H9BrN4O2S/c1-13-11-14-6-9(12)10(15-11)19-8-4-2-7(3-5-8)16(17)18/h2-6H,1H3,(H,13,14,15). The zero-order chi connectivity index (χ0) is 13.8. The number of aromatic nitrogens is 2. The van der Waals surface area contributed by atoms with E-state index >= 15 is 0 Å². The van der Waals surface area contributed by atoms with Crippen molar-refractivity contribution in [3.8, 4) is 0 Å². The Morgan fingerprint density at radius 3 is 2.63 bits per heavy atom. The number of rotatable bonds is 4. The van der Waals surface area contributed by atoms with Crippen LogP contribution in [0.3, 0.4) is 0 Å². The first-order chi connectivity index (χ1) is 9.10. The molecule has 98 valence electrons. The lowest BCUT2D eigenvalue weighted by molar-refractivity contribution is -0.384. The number of anilines is 1. The molecule has 1 aromatic carbocycles. The second kappa shape index (κ2) is 5.98. The summed E-state index contributed by atoms with van der Waals surface area (Å²) >= 11 is 4.78. The summed E-state index contributed by atoms with van der Waals surface area (Å²) in [6.45, 7) is 0. The molecule has 0 spiro atoms. The number of nitrogens with one attached hydrogen (secondary N) is 1. The van der Waals surface area contributed by atoms with E-state index in [2.05, 4.69) is 31.2 Å². The van der Waals surface area contributed by atoms with Crippen LogP contribution in [0, 0.1) is 10.1 Å². The zero-order valence-corrected chi connectivity index (χ0v) is 12.2. The second-order valence-corrected chi connectivity index (χ2v) is 5.37.